The number of benzene rings is 1. The number of hydrogen-bond donors (Lipinski definition) is 1. The average Bonchev–Trinajstić information content (AvgIpc) is 2.86. The van der Waals surface area contributed by atoms with E-state index < -0.39 is 5.97 Å². The van der Waals surface area contributed by atoms with Crippen molar-refractivity contribution in [1.29, 1.82) is 0 Å². The Morgan fingerprint density at radius 1 is 1.40 bits per heavy atom. The first-order valence-corrected chi connectivity index (χ1v) is 7.37. The Kier molecular flexibility index (Phi) is 5.56. The molecule has 0 amide bonds. The molecule has 1 heterocycles. The van der Waals surface area contributed by atoms with E-state index in [1.807, 2.05) is 17.9 Å². The number of nitrogens with zero attached hydrogens (tertiary/aromatic N) is 2. The lowest BCUT2D eigenvalue weighted by molar-refractivity contribution is -0.138. The molecule has 2 rings (SSSR count). The molecule has 1 aliphatic rings. The average molecular weight is 276 g/mol. The van der Waals surface area contributed by atoms with Crippen LogP contribution >= 0.6 is 0 Å². The molecule has 1 aliphatic heterocycles. The summed E-state index contributed by atoms with van der Waals surface area (Å²) in [6.45, 7) is 7.08. The maximum Gasteiger partial charge on any atom is 0.317 e. The molecule has 4 heteroatoms. The third-order valence-electron chi connectivity index (χ3n) is 3.94. The third kappa shape index (κ3) is 4.62. The molecule has 0 unspecified atom stereocenters. The molecule has 110 valence electrons. The van der Waals surface area contributed by atoms with Gasteiger partial charge in [-0.3, -0.25) is 14.6 Å². The van der Waals surface area contributed by atoms with E-state index in [9.17, 15) is 4.79 Å². The number of carboxylic acids is 1. The van der Waals surface area contributed by atoms with E-state index in [1.54, 1.807) is 0 Å². The molecule has 0 saturated carbocycles. The van der Waals surface area contributed by atoms with Gasteiger partial charge in [0.25, 0.3) is 0 Å². The molecule has 1 atom stereocenters. The van der Waals surface area contributed by atoms with Crippen LogP contribution in [0, 0.1) is 5.92 Å². The first kappa shape index (κ1) is 15.0. The summed E-state index contributed by atoms with van der Waals surface area (Å²) in [4.78, 5) is 15.3. The summed E-state index contributed by atoms with van der Waals surface area (Å²) in [5, 5.41) is 8.88. The highest BCUT2D eigenvalue weighted by molar-refractivity contribution is 5.69. The van der Waals surface area contributed by atoms with Gasteiger partial charge in [-0.2, -0.15) is 0 Å². The van der Waals surface area contributed by atoms with Gasteiger partial charge in [0, 0.05) is 19.6 Å². The van der Waals surface area contributed by atoms with E-state index in [-0.39, 0.29) is 6.54 Å². The Hall–Kier alpha value is -1.39. The van der Waals surface area contributed by atoms with Gasteiger partial charge >= 0.3 is 5.97 Å². The van der Waals surface area contributed by atoms with Crippen molar-refractivity contribution < 1.29 is 9.90 Å². The zero-order chi connectivity index (χ0) is 14.4. The summed E-state index contributed by atoms with van der Waals surface area (Å²) < 4.78 is 0. The minimum atomic E-state index is -0.731. The zero-order valence-corrected chi connectivity index (χ0v) is 12.2. The second kappa shape index (κ2) is 7.41. The van der Waals surface area contributed by atoms with Crippen molar-refractivity contribution in [2.45, 2.75) is 19.9 Å². The molecule has 4 nitrogen and oxygen atoms in total. The van der Waals surface area contributed by atoms with Gasteiger partial charge in [0.15, 0.2) is 0 Å². The molecule has 1 fully saturated rings. The van der Waals surface area contributed by atoms with Crippen LogP contribution < -0.4 is 0 Å². The van der Waals surface area contributed by atoms with Crippen molar-refractivity contribution in [3.8, 4) is 0 Å². The highest BCUT2D eigenvalue weighted by Gasteiger charge is 2.24. The van der Waals surface area contributed by atoms with Gasteiger partial charge in [0.2, 0.25) is 0 Å². The van der Waals surface area contributed by atoms with Crippen molar-refractivity contribution in [3.63, 3.8) is 0 Å². The zero-order valence-electron chi connectivity index (χ0n) is 12.2. The molecule has 1 aromatic rings. The van der Waals surface area contributed by atoms with E-state index in [0.717, 1.165) is 32.7 Å². The summed E-state index contributed by atoms with van der Waals surface area (Å²) in [7, 11) is 0. The smallest absolute Gasteiger partial charge is 0.317 e. The molecule has 0 aromatic heterocycles. The maximum absolute atomic E-state index is 10.8. The molecule has 0 aliphatic carbocycles. The van der Waals surface area contributed by atoms with Crippen LogP contribution in [-0.2, 0) is 11.3 Å². The summed E-state index contributed by atoms with van der Waals surface area (Å²) >= 11 is 0. The second-order valence-electron chi connectivity index (χ2n) is 5.60. The molecule has 1 N–H and O–H groups in total. The number of hydrogen-bond acceptors (Lipinski definition) is 3. The predicted octanol–water partition coefficient (Wildman–Crippen LogP) is 1.91. The maximum atomic E-state index is 10.8. The van der Waals surface area contributed by atoms with Gasteiger partial charge < -0.3 is 5.11 Å². The SMILES string of the molecule is CCN(CC(=O)O)C[C@@H]1CCN(Cc2ccccc2)C1. The molecule has 0 spiro atoms. The topological polar surface area (TPSA) is 43.8 Å². The minimum Gasteiger partial charge on any atom is -0.480 e. The van der Waals surface area contributed by atoms with Gasteiger partial charge in [-0.25, -0.2) is 0 Å². The lowest BCUT2D eigenvalue weighted by Crippen LogP contribution is -2.35. The van der Waals surface area contributed by atoms with Crippen LogP contribution in [0.1, 0.15) is 18.9 Å². The lowest BCUT2D eigenvalue weighted by atomic mass is 10.1. The highest BCUT2D eigenvalue weighted by Crippen LogP contribution is 2.19. The standard InChI is InChI=1S/C16H24N2O2/c1-2-17(13-16(19)20)11-15-8-9-18(12-15)10-14-6-4-3-5-7-14/h3-7,15H,2,8-13H2,1H3,(H,19,20)/t15-/m0/s1. The molecule has 20 heavy (non-hydrogen) atoms. The first-order valence-electron chi connectivity index (χ1n) is 7.37. The second-order valence-corrected chi connectivity index (χ2v) is 5.60. The Bertz CT molecular complexity index is 422. The van der Waals surface area contributed by atoms with E-state index in [2.05, 4.69) is 29.2 Å². The monoisotopic (exact) mass is 276 g/mol. The van der Waals surface area contributed by atoms with Crippen LogP contribution in [0.4, 0.5) is 0 Å². The van der Waals surface area contributed by atoms with Crippen molar-refractivity contribution in [2.75, 3.05) is 32.7 Å². The van der Waals surface area contributed by atoms with E-state index in [1.165, 1.54) is 12.0 Å². The largest absolute Gasteiger partial charge is 0.480 e. The number of rotatable bonds is 7. The number of carboxylic acid groups (broad SMARTS) is 1. The number of likely N-dealkylation sites (tertiary alicyclic amines) is 1. The summed E-state index contributed by atoms with van der Waals surface area (Å²) in [6, 6.07) is 10.5. The molecule has 0 radical (unpaired) electrons. The van der Waals surface area contributed by atoms with Crippen LogP contribution in [0.5, 0.6) is 0 Å². The third-order valence-corrected chi connectivity index (χ3v) is 3.94. The highest BCUT2D eigenvalue weighted by atomic mass is 16.4. The molecular formula is C16H24N2O2. The van der Waals surface area contributed by atoms with Gasteiger partial charge in [-0.1, -0.05) is 37.3 Å². The normalized spacial score (nSPS) is 19.6. The Balaban J connectivity index is 1.78. The van der Waals surface area contributed by atoms with Crippen molar-refractivity contribution in [3.05, 3.63) is 35.9 Å². The predicted molar refractivity (Wildman–Crippen MR) is 79.6 cm³/mol. The van der Waals surface area contributed by atoms with Crippen LogP contribution in [0.15, 0.2) is 30.3 Å². The fourth-order valence-electron chi connectivity index (χ4n) is 2.91. The molecule has 1 aromatic carbocycles. The molecule has 0 bridgehead atoms. The van der Waals surface area contributed by atoms with Crippen LogP contribution in [0.3, 0.4) is 0 Å². The van der Waals surface area contributed by atoms with Gasteiger partial charge in [-0.05, 0) is 31.0 Å². The summed E-state index contributed by atoms with van der Waals surface area (Å²) in [6.07, 6.45) is 1.17. The quantitative estimate of drug-likeness (QED) is 0.826. The van der Waals surface area contributed by atoms with Crippen molar-refractivity contribution >= 4 is 5.97 Å². The number of aliphatic carboxylic acids is 1. The minimum absolute atomic E-state index is 0.158. The van der Waals surface area contributed by atoms with Crippen LogP contribution in [-0.4, -0.2) is 53.6 Å². The number of carbonyl (C=O) groups is 1. The Morgan fingerprint density at radius 3 is 2.80 bits per heavy atom. The molecular weight excluding hydrogens is 252 g/mol. The fourth-order valence-corrected chi connectivity index (χ4v) is 2.91. The summed E-state index contributed by atoms with van der Waals surface area (Å²) in [5.41, 5.74) is 1.35. The van der Waals surface area contributed by atoms with Crippen LogP contribution in [0.25, 0.3) is 0 Å². The van der Waals surface area contributed by atoms with Crippen LogP contribution in [0.2, 0.25) is 0 Å². The van der Waals surface area contributed by atoms with Crippen molar-refractivity contribution in [2.24, 2.45) is 5.92 Å². The van der Waals surface area contributed by atoms with E-state index >= 15 is 0 Å². The van der Waals surface area contributed by atoms with Gasteiger partial charge in [0.05, 0.1) is 6.54 Å². The van der Waals surface area contributed by atoms with Gasteiger partial charge in [-0.15, -0.1) is 0 Å². The number of likely N-dealkylation sites (N-methyl/N-ethyl adjacent to an activating group) is 1. The molecule has 1 saturated heterocycles. The van der Waals surface area contributed by atoms with Crippen molar-refractivity contribution in [1.82, 2.24) is 9.80 Å². The summed E-state index contributed by atoms with van der Waals surface area (Å²) in [5.74, 6) is -0.135. The van der Waals surface area contributed by atoms with Gasteiger partial charge in [0.1, 0.15) is 0 Å². The van der Waals surface area contributed by atoms with E-state index in [0.29, 0.717) is 5.92 Å². The first-order chi connectivity index (χ1) is 9.67. The van der Waals surface area contributed by atoms with E-state index in [4.69, 9.17) is 5.11 Å². The Labute approximate surface area is 121 Å². The Morgan fingerprint density at radius 2 is 2.15 bits per heavy atom. The fraction of sp³-hybridized carbons (Fsp3) is 0.562. The lowest BCUT2D eigenvalue weighted by Gasteiger charge is -2.22.